The van der Waals surface area contributed by atoms with Crippen LogP contribution in [0.4, 0.5) is 0 Å². The molecule has 25 heavy (non-hydrogen) atoms. The Bertz CT molecular complexity index is 720. The van der Waals surface area contributed by atoms with Gasteiger partial charge in [-0.25, -0.2) is 9.67 Å². The number of carbonyl (C=O) groups excluding carboxylic acids is 1. The molecule has 0 spiro atoms. The summed E-state index contributed by atoms with van der Waals surface area (Å²) in [5.41, 5.74) is 2.22. The van der Waals surface area contributed by atoms with Gasteiger partial charge in [-0.3, -0.25) is 4.79 Å². The van der Waals surface area contributed by atoms with E-state index in [1.165, 1.54) is 0 Å². The second kappa shape index (κ2) is 8.43. The fraction of sp³-hybridized carbons (Fsp3) is 0.632. The van der Waals surface area contributed by atoms with E-state index in [0.29, 0.717) is 18.7 Å². The van der Waals surface area contributed by atoms with Crippen LogP contribution in [0.2, 0.25) is 0 Å². The first-order valence-electron chi connectivity index (χ1n) is 9.09. The highest BCUT2D eigenvalue weighted by atomic mass is 16.5. The molecule has 6 heteroatoms. The van der Waals surface area contributed by atoms with Crippen molar-refractivity contribution in [3.05, 3.63) is 23.5 Å². The highest BCUT2D eigenvalue weighted by molar-refractivity contribution is 5.98. The molecule has 1 amide bonds. The second-order valence-electron chi connectivity index (χ2n) is 6.68. The first kappa shape index (κ1) is 19.4. The van der Waals surface area contributed by atoms with Gasteiger partial charge in [0.15, 0.2) is 5.65 Å². The van der Waals surface area contributed by atoms with Crippen molar-refractivity contribution in [2.75, 3.05) is 20.3 Å². The van der Waals surface area contributed by atoms with Crippen molar-refractivity contribution in [3.63, 3.8) is 0 Å². The first-order chi connectivity index (χ1) is 11.9. The van der Waals surface area contributed by atoms with Crippen molar-refractivity contribution >= 4 is 16.9 Å². The van der Waals surface area contributed by atoms with E-state index in [2.05, 4.69) is 37.8 Å². The van der Waals surface area contributed by atoms with Crippen molar-refractivity contribution in [1.29, 1.82) is 0 Å². The van der Waals surface area contributed by atoms with E-state index in [1.54, 1.807) is 13.3 Å². The van der Waals surface area contributed by atoms with Crippen LogP contribution in [0.15, 0.2) is 12.3 Å². The minimum atomic E-state index is 0.0231. The fourth-order valence-electron chi connectivity index (χ4n) is 3.18. The molecule has 138 valence electrons. The Morgan fingerprint density at radius 1 is 1.32 bits per heavy atom. The van der Waals surface area contributed by atoms with Gasteiger partial charge in [-0.15, -0.1) is 0 Å². The molecule has 0 aliphatic rings. The Balaban J connectivity index is 2.43. The molecule has 2 rings (SSSR count). The van der Waals surface area contributed by atoms with Crippen molar-refractivity contribution in [2.45, 2.75) is 59.5 Å². The monoisotopic (exact) mass is 346 g/mol. The molecule has 0 unspecified atom stereocenters. The van der Waals surface area contributed by atoms with Crippen LogP contribution in [-0.4, -0.2) is 51.9 Å². The lowest BCUT2D eigenvalue weighted by Gasteiger charge is -2.31. The zero-order valence-corrected chi connectivity index (χ0v) is 16.2. The number of nitrogens with zero attached hydrogens (tertiary/aromatic N) is 4. The van der Waals surface area contributed by atoms with E-state index < -0.39 is 0 Å². The number of aromatic nitrogens is 3. The summed E-state index contributed by atoms with van der Waals surface area (Å²) in [6, 6.07) is 2.36. The van der Waals surface area contributed by atoms with Crippen LogP contribution < -0.4 is 0 Å². The summed E-state index contributed by atoms with van der Waals surface area (Å²) in [6.45, 7) is 11.4. The summed E-state index contributed by atoms with van der Waals surface area (Å²) >= 11 is 0. The molecule has 0 N–H and O–H groups in total. The highest BCUT2D eigenvalue weighted by Crippen LogP contribution is 2.22. The molecule has 2 aromatic heterocycles. The molecular weight excluding hydrogens is 316 g/mol. The predicted molar refractivity (Wildman–Crippen MR) is 99.9 cm³/mol. The Labute approximate surface area is 150 Å². The topological polar surface area (TPSA) is 60.2 Å². The molecule has 0 fully saturated rings. The zero-order valence-electron chi connectivity index (χ0n) is 16.2. The summed E-state index contributed by atoms with van der Waals surface area (Å²) in [7, 11) is 1.66. The summed E-state index contributed by atoms with van der Waals surface area (Å²) in [4.78, 5) is 19.8. The largest absolute Gasteiger partial charge is 0.383 e. The van der Waals surface area contributed by atoms with Gasteiger partial charge in [0.05, 0.1) is 24.1 Å². The Morgan fingerprint density at radius 2 is 2.00 bits per heavy atom. The van der Waals surface area contributed by atoms with Crippen LogP contribution in [0.25, 0.3) is 11.0 Å². The Morgan fingerprint density at radius 3 is 2.56 bits per heavy atom. The van der Waals surface area contributed by atoms with Crippen molar-refractivity contribution in [2.24, 2.45) is 0 Å². The quantitative estimate of drug-likeness (QED) is 0.733. The van der Waals surface area contributed by atoms with Gasteiger partial charge in [-0.05, 0) is 39.7 Å². The van der Waals surface area contributed by atoms with Gasteiger partial charge in [-0.2, -0.15) is 5.10 Å². The molecule has 2 heterocycles. The lowest BCUT2D eigenvalue weighted by molar-refractivity contribution is 0.0588. The smallest absolute Gasteiger partial charge is 0.256 e. The summed E-state index contributed by atoms with van der Waals surface area (Å²) in [6.07, 6.45) is 3.63. The van der Waals surface area contributed by atoms with E-state index in [0.717, 1.165) is 29.6 Å². The highest BCUT2D eigenvalue weighted by Gasteiger charge is 2.25. The molecule has 0 saturated carbocycles. The maximum Gasteiger partial charge on any atom is 0.256 e. The maximum atomic E-state index is 13.2. The van der Waals surface area contributed by atoms with Crippen molar-refractivity contribution < 1.29 is 9.53 Å². The second-order valence-corrected chi connectivity index (χ2v) is 6.68. The molecule has 0 saturated heterocycles. The van der Waals surface area contributed by atoms with Gasteiger partial charge in [-0.1, -0.05) is 13.8 Å². The van der Waals surface area contributed by atoms with E-state index in [1.807, 2.05) is 22.6 Å². The van der Waals surface area contributed by atoms with E-state index >= 15 is 0 Å². The maximum absolute atomic E-state index is 13.2. The van der Waals surface area contributed by atoms with Crippen LogP contribution in [0, 0.1) is 6.92 Å². The standard InChI is InChI=1S/C19H30N4O2/c1-7-16(8-2)22(9-10-25-6)19(24)17-11-15-12-20-23(13(3)4)18(15)21-14(17)5/h11-13,16H,7-10H2,1-6H3. The van der Waals surface area contributed by atoms with Crippen LogP contribution in [-0.2, 0) is 4.74 Å². The summed E-state index contributed by atoms with van der Waals surface area (Å²) in [5.74, 6) is 0.0231. The number of rotatable bonds is 8. The van der Waals surface area contributed by atoms with Crippen LogP contribution in [0.1, 0.15) is 62.6 Å². The molecule has 6 nitrogen and oxygen atoms in total. The third kappa shape index (κ3) is 4.00. The lowest BCUT2D eigenvalue weighted by atomic mass is 10.1. The Hall–Kier alpha value is -1.95. The molecule has 2 aromatic rings. The molecule has 0 aliphatic carbocycles. The SMILES string of the molecule is CCC(CC)N(CCOC)C(=O)c1cc2cnn(C(C)C)c2nc1C. The fourth-order valence-corrected chi connectivity index (χ4v) is 3.18. The third-order valence-corrected chi connectivity index (χ3v) is 4.66. The molecule has 0 aromatic carbocycles. The van der Waals surface area contributed by atoms with Gasteiger partial charge < -0.3 is 9.64 Å². The van der Waals surface area contributed by atoms with Gasteiger partial charge in [0.25, 0.3) is 5.91 Å². The molecule has 0 atom stereocenters. The van der Waals surface area contributed by atoms with Crippen LogP contribution in [0.3, 0.4) is 0 Å². The average molecular weight is 346 g/mol. The van der Waals surface area contributed by atoms with Crippen molar-refractivity contribution in [1.82, 2.24) is 19.7 Å². The van der Waals surface area contributed by atoms with E-state index in [9.17, 15) is 4.79 Å². The number of fused-ring (bicyclic) bond motifs is 1. The van der Waals surface area contributed by atoms with Gasteiger partial charge in [0.2, 0.25) is 0 Å². The summed E-state index contributed by atoms with van der Waals surface area (Å²) in [5, 5.41) is 5.31. The number of pyridine rings is 1. The third-order valence-electron chi connectivity index (χ3n) is 4.66. The number of ether oxygens (including phenoxy) is 1. The predicted octanol–water partition coefficient (Wildman–Crippen LogP) is 3.60. The number of carbonyl (C=O) groups is 1. The van der Waals surface area contributed by atoms with Crippen LogP contribution in [0.5, 0.6) is 0 Å². The van der Waals surface area contributed by atoms with Gasteiger partial charge >= 0.3 is 0 Å². The number of hydrogen-bond acceptors (Lipinski definition) is 4. The van der Waals surface area contributed by atoms with E-state index in [-0.39, 0.29) is 18.0 Å². The molecule has 0 radical (unpaired) electrons. The van der Waals surface area contributed by atoms with E-state index in [4.69, 9.17) is 4.74 Å². The minimum Gasteiger partial charge on any atom is -0.383 e. The van der Waals surface area contributed by atoms with Crippen LogP contribution >= 0.6 is 0 Å². The number of methoxy groups -OCH3 is 1. The number of aryl methyl sites for hydroxylation is 1. The number of amides is 1. The number of hydrogen-bond donors (Lipinski definition) is 0. The normalized spacial score (nSPS) is 11.7. The first-order valence-corrected chi connectivity index (χ1v) is 9.09. The zero-order chi connectivity index (χ0) is 18.6. The Kier molecular flexibility index (Phi) is 6.53. The summed E-state index contributed by atoms with van der Waals surface area (Å²) < 4.78 is 7.09. The van der Waals surface area contributed by atoms with Gasteiger partial charge in [0.1, 0.15) is 0 Å². The molecule has 0 bridgehead atoms. The lowest BCUT2D eigenvalue weighted by Crippen LogP contribution is -2.42. The molecular formula is C19H30N4O2. The average Bonchev–Trinajstić information content (AvgIpc) is 3.00. The van der Waals surface area contributed by atoms with Crippen molar-refractivity contribution in [3.8, 4) is 0 Å². The van der Waals surface area contributed by atoms with Gasteiger partial charge in [0, 0.05) is 31.1 Å². The molecule has 0 aliphatic heterocycles. The minimum absolute atomic E-state index is 0.0231.